The van der Waals surface area contributed by atoms with Gasteiger partial charge in [0, 0.05) is 5.02 Å². The Bertz CT molecular complexity index is 1380. The Balaban J connectivity index is 1.62. The van der Waals surface area contributed by atoms with Crippen LogP contribution in [-0.4, -0.2) is 8.42 Å². The fraction of sp³-hybridized carbons (Fsp3) is 0. The van der Waals surface area contributed by atoms with Gasteiger partial charge in [0.1, 0.15) is 10.6 Å². The highest BCUT2D eigenvalue weighted by Gasteiger charge is 2.20. The predicted molar refractivity (Wildman–Crippen MR) is 128 cm³/mol. The molecule has 0 aliphatic carbocycles. The smallest absolute Gasteiger partial charge is 0.263 e. The number of rotatable bonds is 5. The summed E-state index contributed by atoms with van der Waals surface area (Å²) in [5.41, 5.74) is 0.159. The molecule has 0 saturated carbocycles. The van der Waals surface area contributed by atoms with Gasteiger partial charge in [-0.1, -0.05) is 76.7 Å². The minimum absolute atomic E-state index is 0.00606. The van der Waals surface area contributed by atoms with Crippen LogP contribution in [-0.2, 0) is 10.0 Å². The maximum absolute atomic E-state index is 12.7. The molecule has 4 aromatic carbocycles. The first-order valence-corrected chi connectivity index (χ1v) is 11.9. The molecule has 0 unspecified atom stereocenters. The number of sulfonamides is 1. The van der Waals surface area contributed by atoms with Gasteiger partial charge in [0.15, 0.2) is 5.75 Å². The van der Waals surface area contributed by atoms with Crippen LogP contribution in [0.1, 0.15) is 0 Å². The van der Waals surface area contributed by atoms with Gasteiger partial charge in [-0.15, -0.1) is 0 Å². The number of anilines is 1. The van der Waals surface area contributed by atoms with E-state index in [2.05, 4.69) is 4.72 Å². The normalized spacial score (nSPS) is 11.5. The molecule has 0 heterocycles. The SMILES string of the molecule is O=S(=O)(Nc1cc(Cl)c(Oc2ccc3ccccc3c2)c(Cl)c1)c1ccc(Cl)cc1Cl. The average molecular weight is 513 g/mol. The molecule has 0 aliphatic rings. The van der Waals surface area contributed by atoms with Gasteiger partial charge in [-0.2, -0.15) is 0 Å². The van der Waals surface area contributed by atoms with Crippen LogP contribution in [0.4, 0.5) is 5.69 Å². The molecular formula is C22H13Cl4NO3S. The molecule has 0 spiro atoms. The third kappa shape index (κ3) is 4.86. The Morgan fingerprint density at radius 2 is 1.39 bits per heavy atom. The first-order chi connectivity index (χ1) is 14.7. The van der Waals surface area contributed by atoms with Crippen LogP contribution in [0.2, 0.25) is 20.1 Å². The van der Waals surface area contributed by atoms with Gasteiger partial charge in [-0.3, -0.25) is 4.72 Å². The van der Waals surface area contributed by atoms with E-state index in [4.69, 9.17) is 51.1 Å². The summed E-state index contributed by atoms with van der Waals surface area (Å²) >= 11 is 24.5. The molecule has 0 aromatic heterocycles. The van der Waals surface area contributed by atoms with E-state index in [0.717, 1.165) is 10.8 Å². The fourth-order valence-corrected chi connectivity index (χ4v) is 5.35. The number of halogens is 4. The molecule has 0 fully saturated rings. The topological polar surface area (TPSA) is 55.4 Å². The minimum atomic E-state index is -3.99. The van der Waals surface area contributed by atoms with Gasteiger partial charge in [0.25, 0.3) is 10.0 Å². The van der Waals surface area contributed by atoms with Crippen LogP contribution in [0, 0.1) is 0 Å². The van der Waals surface area contributed by atoms with Crippen molar-refractivity contribution in [3.8, 4) is 11.5 Å². The molecule has 9 heteroatoms. The molecular weight excluding hydrogens is 500 g/mol. The van der Waals surface area contributed by atoms with Crippen molar-refractivity contribution in [1.82, 2.24) is 0 Å². The predicted octanol–water partition coefficient (Wildman–Crippen LogP) is 8.05. The molecule has 0 amide bonds. The molecule has 0 atom stereocenters. The van der Waals surface area contributed by atoms with Crippen molar-refractivity contribution in [2.24, 2.45) is 0 Å². The summed E-state index contributed by atoms with van der Waals surface area (Å²) in [6.45, 7) is 0. The van der Waals surface area contributed by atoms with Crippen molar-refractivity contribution >= 4 is 72.9 Å². The van der Waals surface area contributed by atoms with E-state index in [1.54, 1.807) is 6.07 Å². The van der Waals surface area contributed by atoms with Gasteiger partial charge in [0.05, 0.1) is 20.8 Å². The van der Waals surface area contributed by atoms with E-state index in [9.17, 15) is 8.42 Å². The number of ether oxygens (including phenoxy) is 1. The van der Waals surface area contributed by atoms with Crippen molar-refractivity contribution in [2.75, 3.05) is 4.72 Å². The highest BCUT2D eigenvalue weighted by Crippen LogP contribution is 2.40. The largest absolute Gasteiger partial charge is 0.454 e. The van der Waals surface area contributed by atoms with Gasteiger partial charge in [-0.25, -0.2) is 8.42 Å². The van der Waals surface area contributed by atoms with Crippen LogP contribution in [0.5, 0.6) is 11.5 Å². The third-order valence-electron chi connectivity index (χ3n) is 4.37. The highest BCUT2D eigenvalue weighted by molar-refractivity contribution is 7.92. The maximum atomic E-state index is 12.7. The molecule has 4 aromatic rings. The van der Waals surface area contributed by atoms with E-state index in [1.807, 2.05) is 36.4 Å². The average Bonchev–Trinajstić information content (AvgIpc) is 2.70. The fourth-order valence-electron chi connectivity index (χ4n) is 2.97. The van der Waals surface area contributed by atoms with Crippen LogP contribution < -0.4 is 9.46 Å². The van der Waals surface area contributed by atoms with Crippen molar-refractivity contribution in [1.29, 1.82) is 0 Å². The Labute approximate surface area is 199 Å². The Morgan fingerprint density at radius 1 is 0.710 bits per heavy atom. The first-order valence-electron chi connectivity index (χ1n) is 8.86. The molecule has 31 heavy (non-hydrogen) atoms. The second-order valence-corrected chi connectivity index (χ2v) is 9.87. The summed E-state index contributed by atoms with van der Waals surface area (Å²) < 4.78 is 33.7. The van der Waals surface area contributed by atoms with Crippen LogP contribution >= 0.6 is 46.4 Å². The molecule has 1 N–H and O–H groups in total. The Kier molecular flexibility index (Phi) is 6.24. The molecule has 0 radical (unpaired) electrons. The number of benzene rings is 4. The van der Waals surface area contributed by atoms with E-state index in [1.165, 1.54) is 30.3 Å². The quantitative estimate of drug-likeness (QED) is 0.294. The summed E-state index contributed by atoms with van der Waals surface area (Å²) in [6, 6.07) is 20.3. The van der Waals surface area contributed by atoms with Crippen molar-refractivity contribution in [3.63, 3.8) is 0 Å². The van der Waals surface area contributed by atoms with Crippen LogP contribution in [0.25, 0.3) is 10.8 Å². The zero-order valence-electron chi connectivity index (χ0n) is 15.6. The van der Waals surface area contributed by atoms with Crippen LogP contribution in [0.3, 0.4) is 0 Å². The number of hydrogen-bond donors (Lipinski definition) is 1. The molecule has 158 valence electrons. The van der Waals surface area contributed by atoms with E-state index in [0.29, 0.717) is 10.8 Å². The van der Waals surface area contributed by atoms with Crippen LogP contribution in [0.15, 0.2) is 77.7 Å². The van der Waals surface area contributed by atoms with E-state index < -0.39 is 10.0 Å². The van der Waals surface area contributed by atoms with Gasteiger partial charge in [0.2, 0.25) is 0 Å². The zero-order chi connectivity index (χ0) is 22.2. The lowest BCUT2D eigenvalue weighted by molar-refractivity contribution is 0.484. The second kappa shape index (κ2) is 8.77. The monoisotopic (exact) mass is 511 g/mol. The van der Waals surface area contributed by atoms with Gasteiger partial charge < -0.3 is 4.74 Å². The van der Waals surface area contributed by atoms with Crippen molar-refractivity contribution < 1.29 is 13.2 Å². The number of hydrogen-bond acceptors (Lipinski definition) is 3. The molecule has 0 bridgehead atoms. The highest BCUT2D eigenvalue weighted by atomic mass is 35.5. The first kappa shape index (κ1) is 22.1. The standard InChI is InChI=1S/C22H13Cl4NO3S/c23-15-6-8-21(18(24)10-15)31(28,29)27-16-11-19(25)22(20(26)12-16)30-17-7-5-13-3-1-2-4-14(13)9-17/h1-12,27H. The lowest BCUT2D eigenvalue weighted by Gasteiger charge is -2.14. The maximum Gasteiger partial charge on any atom is 0.263 e. The molecule has 0 saturated heterocycles. The molecule has 4 nitrogen and oxygen atoms in total. The molecule has 0 aliphatic heterocycles. The minimum Gasteiger partial charge on any atom is -0.454 e. The van der Waals surface area contributed by atoms with E-state index >= 15 is 0 Å². The van der Waals surface area contributed by atoms with Crippen molar-refractivity contribution in [2.45, 2.75) is 4.90 Å². The van der Waals surface area contributed by atoms with Gasteiger partial charge >= 0.3 is 0 Å². The van der Waals surface area contributed by atoms with E-state index in [-0.39, 0.29) is 31.4 Å². The summed E-state index contributed by atoms with van der Waals surface area (Å²) in [5.74, 6) is 0.759. The molecule has 4 rings (SSSR count). The summed E-state index contributed by atoms with van der Waals surface area (Å²) in [4.78, 5) is -0.123. The lowest BCUT2D eigenvalue weighted by Crippen LogP contribution is -2.13. The lowest BCUT2D eigenvalue weighted by atomic mass is 10.1. The number of fused-ring (bicyclic) bond motifs is 1. The zero-order valence-corrected chi connectivity index (χ0v) is 19.4. The third-order valence-corrected chi connectivity index (χ3v) is 7.04. The second-order valence-electron chi connectivity index (χ2n) is 6.56. The van der Waals surface area contributed by atoms with Crippen molar-refractivity contribution in [3.05, 3.63) is 92.9 Å². The summed E-state index contributed by atoms with van der Waals surface area (Å²) in [7, 11) is -3.99. The summed E-state index contributed by atoms with van der Waals surface area (Å²) in [6.07, 6.45) is 0. The Hall–Kier alpha value is -2.15. The summed E-state index contributed by atoms with van der Waals surface area (Å²) in [5, 5.41) is 2.66. The number of nitrogens with one attached hydrogen (secondary N) is 1. The Morgan fingerprint density at radius 3 is 2.06 bits per heavy atom. The van der Waals surface area contributed by atoms with Gasteiger partial charge in [-0.05, 0) is 53.2 Å².